The Morgan fingerprint density at radius 3 is 2.59 bits per heavy atom. The van der Waals surface area contributed by atoms with Gasteiger partial charge in [0.05, 0.1) is 33.1 Å². The first kappa shape index (κ1) is 23.8. The molecular weight excluding hydrogens is 438 g/mol. The quantitative estimate of drug-likeness (QED) is 0.603. The van der Waals surface area contributed by atoms with Crippen LogP contribution in [0, 0.1) is 0 Å². The van der Waals surface area contributed by atoms with Crippen LogP contribution in [0.1, 0.15) is 12.0 Å². The molecule has 0 aliphatic carbocycles. The van der Waals surface area contributed by atoms with Gasteiger partial charge >= 0.3 is 0 Å². The van der Waals surface area contributed by atoms with Gasteiger partial charge in [-0.05, 0) is 42.3 Å². The zero-order chi connectivity index (χ0) is 23.9. The number of ether oxygens (including phenoxy) is 4. The Morgan fingerprint density at radius 1 is 1.03 bits per heavy atom. The molecule has 9 nitrogen and oxygen atoms in total. The SMILES string of the molecule is COc1ccc(CCC(=O)Nc2ccc3c(c2)N(CCN2CCOCC2)C(=O)CO3)cc1OC. The topological polar surface area (TPSA) is 89.6 Å². The number of amides is 2. The molecule has 0 bridgehead atoms. The van der Waals surface area contributed by atoms with E-state index >= 15 is 0 Å². The first-order valence-electron chi connectivity index (χ1n) is 11.5. The van der Waals surface area contributed by atoms with Gasteiger partial charge in [-0.3, -0.25) is 14.5 Å². The molecule has 1 fully saturated rings. The van der Waals surface area contributed by atoms with Crippen LogP contribution in [0.2, 0.25) is 0 Å². The van der Waals surface area contributed by atoms with E-state index in [1.807, 2.05) is 18.2 Å². The third kappa shape index (κ3) is 5.78. The summed E-state index contributed by atoms with van der Waals surface area (Å²) in [6.07, 6.45) is 0.868. The molecule has 1 N–H and O–H groups in total. The van der Waals surface area contributed by atoms with Crippen LogP contribution in [-0.2, 0) is 20.7 Å². The van der Waals surface area contributed by atoms with E-state index in [2.05, 4.69) is 10.2 Å². The minimum atomic E-state index is -0.113. The van der Waals surface area contributed by atoms with Crippen molar-refractivity contribution < 1.29 is 28.5 Å². The molecule has 0 unspecified atom stereocenters. The van der Waals surface area contributed by atoms with Crippen molar-refractivity contribution in [3.63, 3.8) is 0 Å². The molecule has 1 saturated heterocycles. The van der Waals surface area contributed by atoms with E-state index in [0.717, 1.165) is 25.2 Å². The summed E-state index contributed by atoms with van der Waals surface area (Å²) in [6, 6.07) is 11.0. The largest absolute Gasteiger partial charge is 0.493 e. The Morgan fingerprint density at radius 2 is 1.82 bits per heavy atom. The highest BCUT2D eigenvalue weighted by Crippen LogP contribution is 2.34. The third-order valence-corrected chi connectivity index (χ3v) is 6.02. The maximum absolute atomic E-state index is 12.6. The van der Waals surface area contributed by atoms with Crippen LogP contribution in [0.3, 0.4) is 0 Å². The van der Waals surface area contributed by atoms with E-state index < -0.39 is 0 Å². The fourth-order valence-corrected chi connectivity index (χ4v) is 4.11. The first-order valence-corrected chi connectivity index (χ1v) is 11.5. The normalized spacial score (nSPS) is 15.9. The van der Waals surface area contributed by atoms with Gasteiger partial charge in [-0.1, -0.05) is 6.07 Å². The van der Waals surface area contributed by atoms with Gasteiger partial charge in [0.15, 0.2) is 18.1 Å². The van der Waals surface area contributed by atoms with Gasteiger partial charge < -0.3 is 29.2 Å². The lowest BCUT2D eigenvalue weighted by atomic mass is 10.1. The summed E-state index contributed by atoms with van der Waals surface area (Å²) in [6.45, 7) is 4.50. The van der Waals surface area contributed by atoms with E-state index in [-0.39, 0.29) is 18.4 Å². The van der Waals surface area contributed by atoms with Gasteiger partial charge in [0, 0.05) is 38.3 Å². The Hall–Kier alpha value is -3.30. The summed E-state index contributed by atoms with van der Waals surface area (Å²) in [7, 11) is 3.18. The lowest BCUT2D eigenvalue weighted by Crippen LogP contribution is -2.45. The van der Waals surface area contributed by atoms with Gasteiger partial charge in [-0.25, -0.2) is 0 Å². The maximum Gasteiger partial charge on any atom is 0.265 e. The minimum Gasteiger partial charge on any atom is -0.493 e. The molecular formula is C25H31N3O6. The predicted molar refractivity (Wildman–Crippen MR) is 128 cm³/mol. The number of nitrogens with one attached hydrogen (secondary N) is 1. The van der Waals surface area contributed by atoms with E-state index in [1.54, 1.807) is 37.3 Å². The zero-order valence-electron chi connectivity index (χ0n) is 19.7. The molecule has 2 aromatic carbocycles. The van der Waals surface area contributed by atoms with Crippen LogP contribution in [-0.4, -0.2) is 76.9 Å². The van der Waals surface area contributed by atoms with Crippen LogP contribution in [0.4, 0.5) is 11.4 Å². The number of rotatable bonds is 9. The molecule has 2 aliphatic rings. The molecule has 2 amide bonds. The number of benzene rings is 2. The number of nitrogens with zero attached hydrogens (tertiary/aromatic N) is 2. The van der Waals surface area contributed by atoms with E-state index in [9.17, 15) is 9.59 Å². The number of anilines is 2. The van der Waals surface area contributed by atoms with Crippen molar-refractivity contribution in [2.75, 3.05) is 70.4 Å². The van der Waals surface area contributed by atoms with Crippen molar-refractivity contribution >= 4 is 23.2 Å². The highest BCUT2D eigenvalue weighted by atomic mass is 16.5. The number of carbonyl (C=O) groups is 2. The fraction of sp³-hybridized carbons (Fsp3) is 0.440. The summed E-state index contributed by atoms with van der Waals surface area (Å²) in [5, 5.41) is 2.94. The number of hydrogen-bond acceptors (Lipinski definition) is 7. The average molecular weight is 470 g/mol. The lowest BCUT2D eigenvalue weighted by molar-refractivity contribution is -0.121. The summed E-state index contributed by atoms with van der Waals surface area (Å²) in [5.41, 5.74) is 2.29. The predicted octanol–water partition coefficient (Wildman–Crippen LogP) is 2.33. The Kier molecular flexibility index (Phi) is 7.87. The van der Waals surface area contributed by atoms with Crippen LogP contribution >= 0.6 is 0 Å². The Bertz CT molecular complexity index is 1020. The fourth-order valence-electron chi connectivity index (χ4n) is 4.11. The van der Waals surface area contributed by atoms with Crippen LogP contribution in [0.15, 0.2) is 36.4 Å². The van der Waals surface area contributed by atoms with Crippen LogP contribution in [0.5, 0.6) is 17.2 Å². The Balaban J connectivity index is 1.37. The van der Waals surface area contributed by atoms with Crippen molar-refractivity contribution in [2.24, 2.45) is 0 Å². The molecule has 2 aromatic rings. The standard InChI is InChI=1S/C25H31N3O6/c1-31-22-6-3-18(15-23(22)32-2)4-8-24(29)26-19-5-7-21-20(16-19)28(25(30)17-34-21)10-9-27-11-13-33-14-12-27/h3,5-7,15-16H,4,8-14,17H2,1-2H3,(H,26,29). The number of aryl methyl sites for hydroxylation is 1. The number of morpholine rings is 1. The van der Waals surface area contributed by atoms with Gasteiger partial charge in [0.25, 0.3) is 5.91 Å². The van der Waals surface area contributed by atoms with Gasteiger partial charge in [0.1, 0.15) is 5.75 Å². The minimum absolute atomic E-state index is 0.0210. The van der Waals surface area contributed by atoms with Crippen molar-refractivity contribution in [1.82, 2.24) is 4.90 Å². The second-order valence-corrected chi connectivity index (χ2v) is 8.21. The molecule has 2 heterocycles. The molecule has 9 heteroatoms. The van der Waals surface area contributed by atoms with Gasteiger partial charge in [-0.15, -0.1) is 0 Å². The number of hydrogen-bond donors (Lipinski definition) is 1. The molecule has 0 radical (unpaired) electrons. The second-order valence-electron chi connectivity index (χ2n) is 8.21. The van der Waals surface area contributed by atoms with E-state index in [1.165, 1.54) is 0 Å². The molecule has 34 heavy (non-hydrogen) atoms. The summed E-state index contributed by atoms with van der Waals surface area (Å²) in [5.74, 6) is 1.73. The lowest BCUT2D eigenvalue weighted by Gasteiger charge is -2.33. The van der Waals surface area contributed by atoms with Gasteiger partial charge in [0.2, 0.25) is 5.91 Å². The number of fused-ring (bicyclic) bond motifs is 1. The molecule has 0 atom stereocenters. The third-order valence-electron chi connectivity index (χ3n) is 6.02. The molecule has 0 spiro atoms. The zero-order valence-corrected chi connectivity index (χ0v) is 19.7. The van der Waals surface area contributed by atoms with Crippen molar-refractivity contribution in [3.05, 3.63) is 42.0 Å². The maximum atomic E-state index is 12.6. The van der Waals surface area contributed by atoms with E-state index in [0.29, 0.717) is 61.2 Å². The first-order chi connectivity index (χ1) is 16.6. The average Bonchev–Trinajstić information content (AvgIpc) is 2.87. The van der Waals surface area contributed by atoms with Crippen molar-refractivity contribution in [2.45, 2.75) is 12.8 Å². The van der Waals surface area contributed by atoms with Crippen LogP contribution < -0.4 is 24.4 Å². The summed E-state index contributed by atoms with van der Waals surface area (Å²) >= 11 is 0. The van der Waals surface area contributed by atoms with Crippen molar-refractivity contribution in [3.8, 4) is 17.2 Å². The number of carbonyl (C=O) groups excluding carboxylic acids is 2. The highest BCUT2D eigenvalue weighted by Gasteiger charge is 2.26. The summed E-state index contributed by atoms with van der Waals surface area (Å²) < 4.78 is 21.6. The molecule has 182 valence electrons. The Labute approximate surface area is 199 Å². The highest BCUT2D eigenvalue weighted by molar-refractivity contribution is 5.99. The number of methoxy groups -OCH3 is 2. The monoisotopic (exact) mass is 469 g/mol. The molecule has 2 aliphatic heterocycles. The second kappa shape index (κ2) is 11.2. The van der Waals surface area contributed by atoms with Crippen LogP contribution in [0.25, 0.3) is 0 Å². The molecule has 0 saturated carbocycles. The van der Waals surface area contributed by atoms with Gasteiger partial charge in [-0.2, -0.15) is 0 Å². The van der Waals surface area contributed by atoms with Crippen molar-refractivity contribution in [1.29, 1.82) is 0 Å². The smallest absolute Gasteiger partial charge is 0.265 e. The van der Waals surface area contributed by atoms with E-state index in [4.69, 9.17) is 18.9 Å². The summed E-state index contributed by atoms with van der Waals surface area (Å²) in [4.78, 5) is 29.2. The molecule has 0 aromatic heterocycles. The molecule has 4 rings (SSSR count).